The van der Waals surface area contributed by atoms with Gasteiger partial charge in [0.2, 0.25) is 12.0 Å². The van der Waals surface area contributed by atoms with E-state index in [2.05, 4.69) is 0 Å². The topological polar surface area (TPSA) is 76.0 Å². The van der Waals surface area contributed by atoms with Crippen LogP contribution in [0.15, 0.2) is 11.8 Å². The number of aliphatic hydroxyl groups excluding tert-OH is 1. The van der Waals surface area contributed by atoms with Crippen LogP contribution >= 0.6 is 0 Å². The van der Waals surface area contributed by atoms with E-state index in [-0.39, 0.29) is 18.3 Å². The van der Waals surface area contributed by atoms with Crippen LogP contribution in [0.3, 0.4) is 0 Å². The molecule has 0 aromatic heterocycles. The molecule has 1 aliphatic heterocycles. The van der Waals surface area contributed by atoms with E-state index in [0.717, 1.165) is 12.8 Å². The Balaban J connectivity index is 1.92. The lowest BCUT2D eigenvalue weighted by atomic mass is 9.77. The Labute approximate surface area is 125 Å². The molecule has 0 unspecified atom stereocenters. The molecule has 2 aliphatic rings. The van der Waals surface area contributed by atoms with E-state index >= 15 is 0 Å². The first-order chi connectivity index (χ1) is 10.2. The third kappa shape index (κ3) is 5.00. The monoisotopic (exact) mass is 298 g/mol. The van der Waals surface area contributed by atoms with Gasteiger partial charge in [0.1, 0.15) is 0 Å². The van der Waals surface area contributed by atoms with Crippen LogP contribution in [0.2, 0.25) is 0 Å². The van der Waals surface area contributed by atoms with E-state index in [1.165, 1.54) is 32.1 Å². The highest BCUT2D eigenvalue weighted by atomic mass is 16.7. The summed E-state index contributed by atoms with van der Waals surface area (Å²) in [6.07, 6.45) is 9.61. The van der Waals surface area contributed by atoms with Crippen LogP contribution in [0.5, 0.6) is 0 Å². The van der Waals surface area contributed by atoms with Crippen molar-refractivity contribution in [3.8, 4) is 0 Å². The van der Waals surface area contributed by atoms with Crippen LogP contribution in [0.25, 0.3) is 0 Å². The Kier molecular flexibility index (Phi) is 6.51. The molecule has 0 aromatic carbocycles. The molecule has 1 saturated carbocycles. The van der Waals surface area contributed by atoms with Crippen molar-refractivity contribution in [2.75, 3.05) is 13.2 Å². The molecule has 5 heteroatoms. The number of ether oxygens (including phenoxy) is 2. The Bertz CT molecular complexity index is 360. The predicted molar refractivity (Wildman–Crippen MR) is 77.5 cm³/mol. The van der Waals surface area contributed by atoms with Crippen LogP contribution in [0.4, 0.5) is 0 Å². The molecule has 0 bridgehead atoms. The number of unbranched alkanes of at least 4 members (excludes halogenated alkanes) is 1. The lowest BCUT2D eigenvalue weighted by Crippen LogP contribution is -2.31. The summed E-state index contributed by atoms with van der Waals surface area (Å²) in [6.45, 7) is 0.648. The Morgan fingerprint density at radius 1 is 1.29 bits per heavy atom. The normalized spacial score (nSPS) is 27.0. The molecule has 2 atom stereocenters. The summed E-state index contributed by atoms with van der Waals surface area (Å²) >= 11 is 0. The molecule has 21 heavy (non-hydrogen) atoms. The van der Waals surface area contributed by atoms with E-state index in [4.69, 9.17) is 14.6 Å². The molecule has 2 N–H and O–H groups in total. The first-order valence-corrected chi connectivity index (χ1v) is 8.05. The maximum absolute atomic E-state index is 11.2. The SMILES string of the molecule is O=C(O)C1=C[C@@H](C2CCCCC2)C[C@@H](OCCCCO)O1. The molecule has 120 valence electrons. The number of aliphatic carboxylic acids is 1. The minimum atomic E-state index is -1.01. The molecule has 0 amide bonds. The molecular weight excluding hydrogens is 272 g/mol. The first kappa shape index (κ1) is 16.3. The minimum absolute atomic E-state index is 0.0315. The van der Waals surface area contributed by atoms with Crippen molar-refractivity contribution >= 4 is 5.97 Å². The van der Waals surface area contributed by atoms with Gasteiger partial charge in [-0.3, -0.25) is 0 Å². The molecule has 0 radical (unpaired) electrons. The average Bonchev–Trinajstić information content (AvgIpc) is 2.52. The van der Waals surface area contributed by atoms with Gasteiger partial charge in [0.25, 0.3) is 0 Å². The van der Waals surface area contributed by atoms with E-state index in [9.17, 15) is 9.90 Å². The Morgan fingerprint density at radius 3 is 2.71 bits per heavy atom. The van der Waals surface area contributed by atoms with Gasteiger partial charge in [-0.05, 0) is 43.6 Å². The van der Waals surface area contributed by atoms with Crippen LogP contribution in [-0.2, 0) is 14.3 Å². The fraction of sp³-hybridized carbons (Fsp3) is 0.812. The largest absolute Gasteiger partial charge is 0.475 e. The number of hydrogen-bond acceptors (Lipinski definition) is 4. The van der Waals surface area contributed by atoms with Gasteiger partial charge in [0, 0.05) is 13.0 Å². The summed E-state index contributed by atoms with van der Waals surface area (Å²) in [5.41, 5.74) is 0. The third-order valence-corrected chi connectivity index (χ3v) is 4.41. The zero-order valence-corrected chi connectivity index (χ0v) is 12.5. The van der Waals surface area contributed by atoms with Crippen molar-refractivity contribution in [3.05, 3.63) is 11.8 Å². The standard InChI is InChI=1S/C16H26O5/c17-8-4-5-9-20-15-11-13(10-14(21-15)16(18)19)12-6-2-1-3-7-12/h10,12-13,15,17H,1-9,11H2,(H,18,19)/t13-,15+/m1/s1. The molecule has 2 rings (SSSR count). The van der Waals surface area contributed by atoms with Crippen LogP contribution in [0.1, 0.15) is 51.4 Å². The maximum Gasteiger partial charge on any atom is 0.370 e. The van der Waals surface area contributed by atoms with Gasteiger partial charge in [-0.2, -0.15) is 0 Å². The number of aliphatic hydroxyl groups is 1. The fourth-order valence-electron chi connectivity index (χ4n) is 3.26. The van der Waals surface area contributed by atoms with Gasteiger partial charge in [-0.1, -0.05) is 19.3 Å². The molecule has 0 saturated heterocycles. The summed E-state index contributed by atoms with van der Waals surface area (Å²) in [5.74, 6) is -0.183. The molecular formula is C16H26O5. The molecule has 1 aliphatic carbocycles. The summed E-state index contributed by atoms with van der Waals surface area (Å²) < 4.78 is 11.1. The van der Waals surface area contributed by atoms with E-state index < -0.39 is 12.3 Å². The molecule has 0 aromatic rings. The van der Waals surface area contributed by atoms with Crippen molar-refractivity contribution in [3.63, 3.8) is 0 Å². The Morgan fingerprint density at radius 2 is 2.05 bits per heavy atom. The van der Waals surface area contributed by atoms with Crippen LogP contribution < -0.4 is 0 Å². The fourth-order valence-corrected chi connectivity index (χ4v) is 3.26. The lowest BCUT2D eigenvalue weighted by Gasteiger charge is -2.34. The summed E-state index contributed by atoms with van der Waals surface area (Å²) in [6, 6.07) is 0. The second kappa shape index (κ2) is 8.39. The molecule has 1 fully saturated rings. The number of allylic oxidation sites excluding steroid dienone is 1. The lowest BCUT2D eigenvalue weighted by molar-refractivity contribution is -0.161. The zero-order valence-electron chi connectivity index (χ0n) is 12.5. The smallest absolute Gasteiger partial charge is 0.370 e. The van der Waals surface area contributed by atoms with E-state index in [0.29, 0.717) is 18.9 Å². The van der Waals surface area contributed by atoms with Gasteiger partial charge in [-0.15, -0.1) is 0 Å². The maximum atomic E-state index is 11.2. The zero-order chi connectivity index (χ0) is 15.1. The number of carboxylic acids is 1. The van der Waals surface area contributed by atoms with Crippen molar-refractivity contribution in [1.29, 1.82) is 0 Å². The Hall–Kier alpha value is -1.07. The first-order valence-electron chi connectivity index (χ1n) is 8.05. The summed E-state index contributed by atoms with van der Waals surface area (Å²) in [4.78, 5) is 11.2. The van der Waals surface area contributed by atoms with E-state index in [1.54, 1.807) is 6.08 Å². The second-order valence-corrected chi connectivity index (χ2v) is 5.98. The van der Waals surface area contributed by atoms with Crippen molar-refractivity contribution in [1.82, 2.24) is 0 Å². The molecule has 1 heterocycles. The number of rotatable bonds is 7. The van der Waals surface area contributed by atoms with E-state index in [1.807, 2.05) is 0 Å². The highest BCUT2D eigenvalue weighted by Crippen LogP contribution is 2.37. The number of carbonyl (C=O) groups is 1. The van der Waals surface area contributed by atoms with Crippen molar-refractivity contribution in [2.45, 2.75) is 57.7 Å². The highest BCUT2D eigenvalue weighted by Gasteiger charge is 2.32. The second-order valence-electron chi connectivity index (χ2n) is 5.98. The average molecular weight is 298 g/mol. The number of hydrogen-bond donors (Lipinski definition) is 2. The minimum Gasteiger partial charge on any atom is -0.475 e. The van der Waals surface area contributed by atoms with Gasteiger partial charge < -0.3 is 19.7 Å². The highest BCUT2D eigenvalue weighted by molar-refractivity contribution is 5.84. The van der Waals surface area contributed by atoms with Crippen LogP contribution in [-0.4, -0.2) is 35.7 Å². The molecule has 0 spiro atoms. The van der Waals surface area contributed by atoms with Crippen molar-refractivity contribution < 1.29 is 24.5 Å². The third-order valence-electron chi connectivity index (χ3n) is 4.41. The van der Waals surface area contributed by atoms with Gasteiger partial charge in [0.05, 0.1) is 6.61 Å². The van der Waals surface area contributed by atoms with Crippen molar-refractivity contribution in [2.24, 2.45) is 11.8 Å². The summed E-state index contributed by atoms with van der Waals surface area (Å²) in [5, 5.41) is 18.0. The van der Waals surface area contributed by atoms with Crippen LogP contribution in [0, 0.1) is 11.8 Å². The van der Waals surface area contributed by atoms with Gasteiger partial charge in [-0.25, -0.2) is 4.79 Å². The predicted octanol–water partition coefficient (Wildman–Crippen LogP) is 2.69. The summed E-state index contributed by atoms with van der Waals surface area (Å²) in [7, 11) is 0. The van der Waals surface area contributed by atoms with Gasteiger partial charge >= 0.3 is 5.97 Å². The van der Waals surface area contributed by atoms with Gasteiger partial charge in [0.15, 0.2) is 0 Å². The molecule has 5 nitrogen and oxygen atoms in total. The quantitative estimate of drug-likeness (QED) is 0.707. The number of carboxylic acid groups (broad SMARTS) is 1.